The van der Waals surface area contributed by atoms with Crippen LogP contribution in [0.5, 0.6) is 0 Å². The number of halogens is 2. The molecule has 0 fully saturated rings. The van der Waals surface area contributed by atoms with Crippen molar-refractivity contribution < 1.29 is 4.79 Å². The number of Topliss-reactive ketones (excluding diaryl/α,β-unsaturated/α-hetero) is 1. The van der Waals surface area contributed by atoms with E-state index in [1.54, 1.807) is 0 Å². The molecule has 1 aromatic heterocycles. The van der Waals surface area contributed by atoms with E-state index in [0.717, 1.165) is 44.5 Å². The fourth-order valence-corrected chi connectivity index (χ4v) is 4.06. The fourth-order valence-electron chi connectivity index (χ4n) is 3.47. The van der Waals surface area contributed by atoms with Crippen LogP contribution in [-0.4, -0.2) is 10.4 Å². The van der Waals surface area contributed by atoms with E-state index in [2.05, 4.69) is 26.6 Å². The molecule has 3 aromatic rings. The molecule has 0 atom stereocenters. The first-order valence-corrected chi connectivity index (χ1v) is 8.89. The van der Waals surface area contributed by atoms with Gasteiger partial charge in [-0.1, -0.05) is 45.7 Å². The van der Waals surface area contributed by atoms with Crippen LogP contribution in [0.15, 0.2) is 46.9 Å². The van der Waals surface area contributed by atoms with Crippen LogP contribution in [0.2, 0.25) is 5.02 Å². The fraction of sp³-hybridized carbons (Fsp3) is 0.211. The Morgan fingerprint density at radius 2 is 1.96 bits per heavy atom. The minimum atomic E-state index is 0.241. The molecule has 0 saturated carbocycles. The summed E-state index contributed by atoms with van der Waals surface area (Å²) in [5.41, 5.74) is 4.28. The lowest BCUT2D eigenvalue weighted by atomic mass is 9.94. The molecule has 0 radical (unpaired) electrons. The molecular weight excluding hydrogens is 374 g/mol. The van der Waals surface area contributed by atoms with Crippen molar-refractivity contribution in [3.05, 3.63) is 68.8 Å². The summed E-state index contributed by atoms with van der Waals surface area (Å²) in [7, 11) is 0. The van der Waals surface area contributed by atoms with Crippen molar-refractivity contribution in [2.45, 2.75) is 25.8 Å². The van der Waals surface area contributed by atoms with Crippen molar-refractivity contribution in [2.75, 3.05) is 0 Å². The third-order valence-corrected chi connectivity index (χ3v) is 5.52. The van der Waals surface area contributed by atoms with Crippen LogP contribution in [0, 0.1) is 0 Å². The smallest absolute Gasteiger partial charge is 0.179 e. The maximum atomic E-state index is 12.6. The van der Waals surface area contributed by atoms with E-state index in [1.807, 2.05) is 36.4 Å². The number of fused-ring (bicyclic) bond motifs is 3. The number of ketones is 1. The number of aromatic nitrogens is 1. The highest BCUT2D eigenvalue weighted by molar-refractivity contribution is 9.10. The number of nitrogens with zero attached hydrogens (tertiary/aromatic N) is 1. The average Bonchev–Trinajstić information content (AvgIpc) is 2.84. The molecule has 23 heavy (non-hydrogen) atoms. The summed E-state index contributed by atoms with van der Waals surface area (Å²) >= 11 is 9.80. The first-order valence-electron chi connectivity index (χ1n) is 7.72. The monoisotopic (exact) mass is 387 g/mol. The Kier molecular flexibility index (Phi) is 3.78. The van der Waals surface area contributed by atoms with Gasteiger partial charge in [-0.3, -0.25) is 4.79 Å². The van der Waals surface area contributed by atoms with Crippen LogP contribution in [0.1, 0.15) is 34.5 Å². The highest BCUT2D eigenvalue weighted by Crippen LogP contribution is 2.34. The average molecular weight is 389 g/mol. The second-order valence-corrected chi connectivity index (χ2v) is 7.23. The SMILES string of the molecule is O=C1CCCc2c1n(Cc1ccccc1Br)c1ccc(Cl)cc21. The van der Waals surface area contributed by atoms with Gasteiger partial charge in [0.25, 0.3) is 0 Å². The molecule has 116 valence electrons. The first kappa shape index (κ1) is 15.0. The van der Waals surface area contributed by atoms with E-state index in [1.165, 1.54) is 5.56 Å². The lowest BCUT2D eigenvalue weighted by Crippen LogP contribution is -2.16. The van der Waals surface area contributed by atoms with Gasteiger partial charge in [0.15, 0.2) is 5.78 Å². The molecule has 0 N–H and O–H groups in total. The van der Waals surface area contributed by atoms with E-state index < -0.39 is 0 Å². The Balaban J connectivity index is 1.97. The van der Waals surface area contributed by atoms with Crippen molar-refractivity contribution in [3.8, 4) is 0 Å². The van der Waals surface area contributed by atoms with Gasteiger partial charge < -0.3 is 4.57 Å². The summed E-state index contributed by atoms with van der Waals surface area (Å²) < 4.78 is 3.22. The molecule has 0 aliphatic heterocycles. The summed E-state index contributed by atoms with van der Waals surface area (Å²) in [4.78, 5) is 12.6. The molecule has 0 saturated heterocycles. The van der Waals surface area contributed by atoms with Gasteiger partial charge in [-0.2, -0.15) is 0 Å². The molecule has 1 heterocycles. The number of hydrogen-bond donors (Lipinski definition) is 0. The molecule has 1 aliphatic rings. The van der Waals surface area contributed by atoms with Gasteiger partial charge in [-0.25, -0.2) is 0 Å². The zero-order valence-corrected chi connectivity index (χ0v) is 14.8. The van der Waals surface area contributed by atoms with E-state index >= 15 is 0 Å². The standard InChI is InChI=1S/C19H15BrClNO/c20-16-6-2-1-4-12(16)11-22-17-9-8-13(21)10-15(17)14-5-3-7-18(23)19(14)22/h1-2,4,6,8-10H,3,5,7,11H2. The van der Waals surface area contributed by atoms with Gasteiger partial charge in [0.1, 0.15) is 0 Å². The van der Waals surface area contributed by atoms with Crippen LogP contribution < -0.4 is 0 Å². The number of hydrogen-bond acceptors (Lipinski definition) is 1. The van der Waals surface area contributed by atoms with Gasteiger partial charge in [-0.15, -0.1) is 0 Å². The second kappa shape index (κ2) is 5.81. The van der Waals surface area contributed by atoms with Crippen molar-refractivity contribution in [1.82, 2.24) is 4.57 Å². The summed E-state index contributed by atoms with van der Waals surface area (Å²) in [6.45, 7) is 0.681. The molecule has 0 amide bonds. The first-order chi connectivity index (χ1) is 11.1. The Morgan fingerprint density at radius 1 is 1.13 bits per heavy atom. The zero-order chi connectivity index (χ0) is 16.0. The Labute approximate surface area is 148 Å². The van der Waals surface area contributed by atoms with Crippen LogP contribution in [0.3, 0.4) is 0 Å². The molecule has 4 rings (SSSR count). The van der Waals surface area contributed by atoms with Gasteiger partial charge in [0, 0.05) is 33.4 Å². The summed E-state index contributed by atoms with van der Waals surface area (Å²) in [5.74, 6) is 0.241. The Bertz CT molecular complexity index is 929. The number of benzene rings is 2. The Hall–Kier alpha value is -1.58. The molecule has 1 aliphatic carbocycles. The minimum Gasteiger partial charge on any atom is -0.333 e. The van der Waals surface area contributed by atoms with E-state index in [4.69, 9.17) is 11.6 Å². The lowest BCUT2D eigenvalue weighted by Gasteiger charge is -2.15. The predicted octanol–water partition coefficient (Wildman–Crippen LogP) is 5.62. The normalized spacial score (nSPS) is 14.3. The Morgan fingerprint density at radius 3 is 2.78 bits per heavy atom. The number of carbonyl (C=O) groups excluding carboxylic acids is 1. The van der Waals surface area contributed by atoms with E-state index in [0.29, 0.717) is 13.0 Å². The lowest BCUT2D eigenvalue weighted by molar-refractivity contribution is 0.0964. The summed E-state index contributed by atoms with van der Waals surface area (Å²) in [5, 5.41) is 1.84. The van der Waals surface area contributed by atoms with Crippen LogP contribution in [-0.2, 0) is 13.0 Å². The van der Waals surface area contributed by atoms with Gasteiger partial charge in [0.2, 0.25) is 0 Å². The van der Waals surface area contributed by atoms with E-state index in [9.17, 15) is 4.79 Å². The van der Waals surface area contributed by atoms with Gasteiger partial charge >= 0.3 is 0 Å². The second-order valence-electron chi connectivity index (χ2n) is 5.94. The summed E-state index contributed by atoms with van der Waals surface area (Å²) in [6.07, 6.45) is 2.50. The predicted molar refractivity (Wildman–Crippen MR) is 97.5 cm³/mol. The van der Waals surface area contributed by atoms with E-state index in [-0.39, 0.29) is 5.78 Å². The third kappa shape index (κ3) is 2.52. The molecule has 4 heteroatoms. The minimum absolute atomic E-state index is 0.241. The highest BCUT2D eigenvalue weighted by atomic mass is 79.9. The summed E-state index contributed by atoms with van der Waals surface area (Å²) in [6, 6.07) is 14.1. The van der Waals surface area contributed by atoms with Crippen LogP contribution >= 0.6 is 27.5 Å². The number of aryl methyl sites for hydroxylation is 1. The third-order valence-electron chi connectivity index (χ3n) is 4.51. The maximum Gasteiger partial charge on any atom is 0.179 e. The molecular formula is C19H15BrClNO. The van der Waals surface area contributed by atoms with Crippen molar-refractivity contribution in [1.29, 1.82) is 0 Å². The number of carbonyl (C=O) groups is 1. The molecule has 0 unspecified atom stereocenters. The van der Waals surface area contributed by atoms with Gasteiger partial charge in [-0.05, 0) is 48.2 Å². The van der Waals surface area contributed by atoms with Crippen molar-refractivity contribution in [2.24, 2.45) is 0 Å². The number of rotatable bonds is 2. The van der Waals surface area contributed by atoms with Crippen molar-refractivity contribution in [3.63, 3.8) is 0 Å². The van der Waals surface area contributed by atoms with Crippen LogP contribution in [0.25, 0.3) is 10.9 Å². The van der Waals surface area contributed by atoms with Crippen molar-refractivity contribution >= 4 is 44.2 Å². The van der Waals surface area contributed by atoms with Gasteiger partial charge in [0.05, 0.1) is 5.69 Å². The maximum absolute atomic E-state index is 12.6. The molecule has 0 bridgehead atoms. The topological polar surface area (TPSA) is 22.0 Å². The molecule has 0 spiro atoms. The largest absolute Gasteiger partial charge is 0.333 e. The molecule has 2 aromatic carbocycles. The van der Waals surface area contributed by atoms with Crippen LogP contribution in [0.4, 0.5) is 0 Å². The zero-order valence-electron chi connectivity index (χ0n) is 12.5. The molecule has 2 nitrogen and oxygen atoms in total. The highest BCUT2D eigenvalue weighted by Gasteiger charge is 2.26. The quantitative estimate of drug-likeness (QED) is 0.558.